The summed E-state index contributed by atoms with van der Waals surface area (Å²) >= 11 is 0. The first-order valence-electron chi connectivity index (χ1n) is 12.2. The number of carbonyl (C=O) groups excluding carboxylic acids is 2. The Morgan fingerprint density at radius 3 is 2.29 bits per heavy atom. The lowest BCUT2D eigenvalue weighted by Gasteiger charge is -2.28. The van der Waals surface area contributed by atoms with Gasteiger partial charge in [0.25, 0.3) is 5.91 Å². The van der Waals surface area contributed by atoms with E-state index in [4.69, 9.17) is 4.98 Å². The number of anilines is 3. The Bertz CT molecular complexity index is 1180. The van der Waals surface area contributed by atoms with Crippen LogP contribution in [0.5, 0.6) is 0 Å². The molecule has 0 fully saturated rings. The topological polar surface area (TPSA) is 81.7 Å². The predicted molar refractivity (Wildman–Crippen MR) is 139 cm³/mol. The first-order valence-corrected chi connectivity index (χ1v) is 12.2. The van der Waals surface area contributed by atoms with Crippen molar-refractivity contribution in [1.29, 1.82) is 0 Å². The van der Waals surface area contributed by atoms with Crippen LogP contribution in [-0.2, 0) is 4.79 Å². The summed E-state index contributed by atoms with van der Waals surface area (Å²) in [4.78, 5) is 42.1. The van der Waals surface area contributed by atoms with E-state index in [0.717, 1.165) is 38.3 Å². The van der Waals surface area contributed by atoms with Gasteiger partial charge in [0.1, 0.15) is 5.56 Å². The Kier molecular flexibility index (Phi) is 7.84. The van der Waals surface area contributed by atoms with Crippen LogP contribution < -0.4 is 10.2 Å². The van der Waals surface area contributed by atoms with Crippen molar-refractivity contribution in [2.45, 2.75) is 20.8 Å². The molecule has 0 unspecified atom stereocenters. The van der Waals surface area contributed by atoms with Gasteiger partial charge in [0.15, 0.2) is 11.6 Å². The maximum atomic E-state index is 13.9. The van der Waals surface area contributed by atoms with Crippen LogP contribution in [0.25, 0.3) is 11.4 Å². The number of carbonyl (C=O) groups is 2. The molecule has 1 aliphatic rings. The van der Waals surface area contributed by atoms with Crippen LogP contribution in [0.2, 0.25) is 0 Å². The number of likely N-dealkylation sites (N-methyl/N-ethyl adjacent to an activating group) is 2. The molecule has 0 bridgehead atoms. The van der Waals surface area contributed by atoms with Crippen molar-refractivity contribution in [3.8, 4) is 11.4 Å². The van der Waals surface area contributed by atoms with Crippen molar-refractivity contribution in [1.82, 2.24) is 19.8 Å². The van der Waals surface area contributed by atoms with Crippen LogP contribution in [0.3, 0.4) is 0 Å². The van der Waals surface area contributed by atoms with Crippen molar-refractivity contribution >= 4 is 29.0 Å². The Morgan fingerprint density at radius 1 is 0.914 bits per heavy atom. The fraction of sp³-hybridized carbons (Fsp3) is 0.333. The number of fused-ring (bicyclic) bond motifs is 2. The molecule has 0 aliphatic carbocycles. The largest absolute Gasteiger partial charge is 0.320 e. The molecule has 182 valence electrons. The summed E-state index contributed by atoms with van der Waals surface area (Å²) in [7, 11) is 0. The van der Waals surface area contributed by atoms with Crippen molar-refractivity contribution in [3.63, 3.8) is 0 Å². The molecule has 8 nitrogen and oxygen atoms in total. The second-order valence-corrected chi connectivity index (χ2v) is 8.39. The average Bonchev–Trinajstić information content (AvgIpc) is 3.02. The quantitative estimate of drug-likeness (QED) is 0.506. The monoisotopic (exact) mass is 472 g/mol. The van der Waals surface area contributed by atoms with Crippen LogP contribution in [0.4, 0.5) is 17.2 Å². The van der Waals surface area contributed by atoms with Gasteiger partial charge in [-0.05, 0) is 31.8 Å². The van der Waals surface area contributed by atoms with Gasteiger partial charge >= 0.3 is 0 Å². The van der Waals surface area contributed by atoms with E-state index in [2.05, 4.69) is 40.9 Å². The van der Waals surface area contributed by atoms with Gasteiger partial charge in [0.05, 0.1) is 17.9 Å². The molecule has 4 rings (SSSR count). The number of para-hydroxylation sites is 2. The number of benzene rings is 2. The highest BCUT2D eigenvalue weighted by Crippen LogP contribution is 2.37. The number of aromatic nitrogens is 2. The molecule has 1 aliphatic heterocycles. The number of hydrogen-bond donors (Lipinski definition) is 1. The minimum atomic E-state index is -0.337. The van der Waals surface area contributed by atoms with Crippen LogP contribution in [0, 0.1) is 0 Å². The zero-order chi connectivity index (χ0) is 24.8. The lowest BCUT2D eigenvalue weighted by Crippen LogP contribution is -2.42. The van der Waals surface area contributed by atoms with E-state index >= 15 is 0 Å². The van der Waals surface area contributed by atoms with Crippen LogP contribution in [0.15, 0.2) is 60.8 Å². The highest BCUT2D eigenvalue weighted by molar-refractivity contribution is 6.17. The van der Waals surface area contributed by atoms with E-state index in [1.165, 1.54) is 6.20 Å². The molecule has 0 radical (unpaired) electrons. The molecule has 0 saturated heterocycles. The second-order valence-electron chi connectivity index (χ2n) is 8.39. The maximum Gasteiger partial charge on any atom is 0.261 e. The number of amides is 2. The van der Waals surface area contributed by atoms with E-state index in [-0.39, 0.29) is 23.9 Å². The van der Waals surface area contributed by atoms with Gasteiger partial charge in [-0.3, -0.25) is 19.4 Å². The number of nitrogens with one attached hydrogen (secondary N) is 1. The number of rotatable bonds is 9. The van der Waals surface area contributed by atoms with Gasteiger partial charge in [-0.1, -0.05) is 63.2 Å². The smallest absolute Gasteiger partial charge is 0.261 e. The van der Waals surface area contributed by atoms with E-state index in [1.54, 1.807) is 11.0 Å². The van der Waals surface area contributed by atoms with Crippen molar-refractivity contribution in [2.75, 3.05) is 49.5 Å². The summed E-state index contributed by atoms with van der Waals surface area (Å²) in [5.74, 6) is 0.278. The Labute approximate surface area is 206 Å². The van der Waals surface area contributed by atoms with Gasteiger partial charge in [0.2, 0.25) is 5.91 Å². The minimum absolute atomic E-state index is 0.144. The SMILES string of the molecule is CCN(CC)CCN(CC)CC(=O)N1c2ccccc2NC(=O)c2cnc(-c3ccccc3)nc21. The fourth-order valence-electron chi connectivity index (χ4n) is 4.19. The zero-order valence-electron chi connectivity index (χ0n) is 20.6. The summed E-state index contributed by atoms with van der Waals surface area (Å²) in [6, 6.07) is 16.9. The van der Waals surface area contributed by atoms with Crippen molar-refractivity contribution in [3.05, 3.63) is 66.4 Å². The lowest BCUT2D eigenvalue weighted by molar-refractivity contribution is -0.119. The van der Waals surface area contributed by atoms with Gasteiger partial charge in [-0.25, -0.2) is 9.97 Å². The van der Waals surface area contributed by atoms with Crippen LogP contribution in [0.1, 0.15) is 31.1 Å². The van der Waals surface area contributed by atoms with Gasteiger partial charge < -0.3 is 10.2 Å². The molecule has 3 aromatic rings. The summed E-state index contributed by atoms with van der Waals surface area (Å²) in [6.07, 6.45) is 1.50. The normalized spacial score (nSPS) is 12.8. The molecule has 2 heterocycles. The standard InChI is InChI=1S/C27H32N6O2/c1-4-31(5-2)16-17-32(6-3)19-24(34)33-23-15-11-10-14-22(23)29-27(35)21-18-28-25(30-26(21)33)20-12-8-7-9-13-20/h7-15,18H,4-6,16-17,19H2,1-3H3,(H,29,35). The van der Waals surface area contributed by atoms with Crippen LogP contribution >= 0.6 is 0 Å². The number of hydrogen-bond acceptors (Lipinski definition) is 6. The molecular weight excluding hydrogens is 440 g/mol. The molecule has 1 aromatic heterocycles. The number of nitrogens with zero attached hydrogens (tertiary/aromatic N) is 5. The van der Waals surface area contributed by atoms with Gasteiger partial charge in [-0.2, -0.15) is 0 Å². The Hall–Kier alpha value is -3.62. The van der Waals surface area contributed by atoms with E-state index in [1.807, 2.05) is 48.5 Å². The maximum absolute atomic E-state index is 13.9. The molecule has 1 N–H and O–H groups in total. The summed E-state index contributed by atoms with van der Waals surface area (Å²) < 4.78 is 0. The predicted octanol–water partition coefficient (Wildman–Crippen LogP) is 4.04. The molecule has 0 atom stereocenters. The molecule has 0 saturated carbocycles. The lowest BCUT2D eigenvalue weighted by atomic mass is 10.2. The first kappa shape index (κ1) is 24.5. The van der Waals surface area contributed by atoms with Gasteiger partial charge in [0, 0.05) is 24.8 Å². The van der Waals surface area contributed by atoms with Gasteiger partial charge in [-0.15, -0.1) is 0 Å². The Balaban J connectivity index is 1.73. The minimum Gasteiger partial charge on any atom is -0.320 e. The second kappa shape index (κ2) is 11.2. The summed E-state index contributed by atoms with van der Waals surface area (Å²) in [5, 5.41) is 2.91. The van der Waals surface area contributed by atoms with E-state index in [0.29, 0.717) is 23.0 Å². The molecule has 0 spiro atoms. The highest BCUT2D eigenvalue weighted by atomic mass is 16.2. The third-order valence-electron chi connectivity index (χ3n) is 6.33. The average molecular weight is 473 g/mol. The summed E-state index contributed by atoms with van der Waals surface area (Å²) in [5.41, 5.74) is 2.24. The molecule has 35 heavy (non-hydrogen) atoms. The van der Waals surface area contributed by atoms with E-state index < -0.39 is 0 Å². The summed E-state index contributed by atoms with van der Waals surface area (Å²) in [6.45, 7) is 10.9. The molecule has 2 amide bonds. The third-order valence-corrected chi connectivity index (χ3v) is 6.33. The molecular formula is C27H32N6O2. The zero-order valence-corrected chi connectivity index (χ0v) is 20.6. The first-order chi connectivity index (χ1) is 17.0. The van der Waals surface area contributed by atoms with Crippen molar-refractivity contribution < 1.29 is 9.59 Å². The molecule has 8 heteroatoms. The van der Waals surface area contributed by atoms with E-state index in [9.17, 15) is 9.59 Å². The third kappa shape index (κ3) is 5.39. The molecule has 2 aromatic carbocycles. The van der Waals surface area contributed by atoms with Crippen LogP contribution in [-0.4, -0.2) is 70.9 Å². The highest BCUT2D eigenvalue weighted by Gasteiger charge is 2.32. The Morgan fingerprint density at radius 2 is 1.57 bits per heavy atom. The fourth-order valence-corrected chi connectivity index (χ4v) is 4.19. The van der Waals surface area contributed by atoms with Crippen molar-refractivity contribution in [2.24, 2.45) is 0 Å².